The van der Waals surface area contributed by atoms with Gasteiger partial charge in [0, 0.05) is 47.0 Å². The number of nitrogens with zero attached hydrogens (tertiary/aromatic N) is 4. The van der Waals surface area contributed by atoms with Crippen LogP contribution in [0.4, 0.5) is 5.95 Å². The van der Waals surface area contributed by atoms with Gasteiger partial charge in [-0.3, -0.25) is 9.89 Å². The van der Waals surface area contributed by atoms with E-state index in [0.717, 1.165) is 45.4 Å². The van der Waals surface area contributed by atoms with Gasteiger partial charge in [0.1, 0.15) is 5.69 Å². The molecule has 6 rings (SSSR count). The van der Waals surface area contributed by atoms with Crippen molar-refractivity contribution in [3.63, 3.8) is 0 Å². The van der Waals surface area contributed by atoms with E-state index in [1.54, 1.807) is 0 Å². The molecular formula is C32H28N6O. The van der Waals surface area contributed by atoms with E-state index in [1.807, 2.05) is 79.4 Å². The van der Waals surface area contributed by atoms with Crippen molar-refractivity contribution in [2.45, 2.75) is 26.3 Å². The van der Waals surface area contributed by atoms with Gasteiger partial charge in [-0.25, -0.2) is 9.97 Å². The lowest BCUT2D eigenvalue weighted by atomic mass is 10.00. The highest BCUT2D eigenvalue weighted by Gasteiger charge is 2.28. The first-order valence-corrected chi connectivity index (χ1v) is 13.1. The van der Waals surface area contributed by atoms with Gasteiger partial charge in [0.25, 0.3) is 5.91 Å². The van der Waals surface area contributed by atoms with Gasteiger partial charge in [0.05, 0.1) is 5.52 Å². The van der Waals surface area contributed by atoms with Crippen LogP contribution in [0.2, 0.25) is 0 Å². The zero-order valence-electron chi connectivity index (χ0n) is 21.9. The molecule has 0 spiro atoms. The summed E-state index contributed by atoms with van der Waals surface area (Å²) in [7, 11) is 0. The van der Waals surface area contributed by atoms with E-state index in [1.165, 1.54) is 0 Å². The van der Waals surface area contributed by atoms with Crippen LogP contribution < -0.4 is 5.32 Å². The van der Waals surface area contributed by atoms with Crippen LogP contribution in [0.25, 0.3) is 22.0 Å². The highest BCUT2D eigenvalue weighted by molar-refractivity contribution is 5.99. The second-order valence-electron chi connectivity index (χ2n) is 9.85. The molecule has 7 nitrogen and oxygen atoms in total. The van der Waals surface area contributed by atoms with Crippen LogP contribution in [0, 0.1) is 25.7 Å². The van der Waals surface area contributed by atoms with E-state index < -0.39 is 0 Å². The van der Waals surface area contributed by atoms with Gasteiger partial charge in [0.2, 0.25) is 5.95 Å². The minimum Gasteiger partial charge on any atom is -0.350 e. The normalized spacial score (nSPS) is 14.7. The molecule has 3 aromatic carbocycles. The fourth-order valence-corrected chi connectivity index (χ4v) is 5.05. The molecule has 2 aromatic heterocycles. The van der Waals surface area contributed by atoms with Gasteiger partial charge in [-0.1, -0.05) is 54.5 Å². The molecule has 1 aliphatic heterocycles. The van der Waals surface area contributed by atoms with Gasteiger partial charge in [-0.2, -0.15) is 5.10 Å². The van der Waals surface area contributed by atoms with Crippen molar-refractivity contribution < 1.29 is 4.79 Å². The van der Waals surface area contributed by atoms with Crippen molar-refractivity contribution in [1.82, 2.24) is 25.1 Å². The van der Waals surface area contributed by atoms with Gasteiger partial charge < -0.3 is 10.2 Å². The molecule has 1 amide bonds. The van der Waals surface area contributed by atoms with E-state index in [4.69, 9.17) is 0 Å². The number of anilines is 1. The van der Waals surface area contributed by atoms with E-state index in [0.29, 0.717) is 30.3 Å². The number of nitrogens with one attached hydrogen (secondary N) is 2. The SMILES string of the molecule is Cc1cc(C)nc(N[C@@H]2CCN(C(=O)c3ccc4[nH]nc(C#Cc5ccccc5-c5ccccc5)c4c3)C2)n1. The number of hydrogen-bond donors (Lipinski definition) is 2. The van der Waals surface area contributed by atoms with E-state index in [-0.39, 0.29) is 11.9 Å². The Morgan fingerprint density at radius 2 is 1.72 bits per heavy atom. The lowest BCUT2D eigenvalue weighted by molar-refractivity contribution is 0.0791. The molecule has 7 heteroatoms. The molecule has 3 heterocycles. The summed E-state index contributed by atoms with van der Waals surface area (Å²) in [5, 5.41) is 11.7. The molecule has 1 fully saturated rings. The van der Waals surface area contributed by atoms with Gasteiger partial charge in [-0.15, -0.1) is 0 Å². The molecule has 0 saturated carbocycles. The maximum atomic E-state index is 13.4. The highest BCUT2D eigenvalue weighted by Crippen LogP contribution is 2.24. The zero-order valence-corrected chi connectivity index (χ0v) is 21.9. The summed E-state index contributed by atoms with van der Waals surface area (Å²) in [6.07, 6.45) is 0.841. The molecule has 1 saturated heterocycles. The standard InChI is InChI=1S/C32H28N6O/c1-21-18-22(2)34-32(33-21)35-26-16-17-38(20-26)31(39)25-13-15-30-28(19-25)29(36-37-30)14-12-24-10-6-7-11-27(24)23-8-4-3-5-9-23/h3-11,13,15,18-19,26H,16-17,20H2,1-2H3,(H,36,37)(H,33,34,35)/t26-/m1/s1. The quantitative estimate of drug-likeness (QED) is 0.317. The predicted molar refractivity (Wildman–Crippen MR) is 153 cm³/mol. The largest absolute Gasteiger partial charge is 0.350 e. The summed E-state index contributed by atoms with van der Waals surface area (Å²) in [5.41, 5.74) is 7.05. The van der Waals surface area contributed by atoms with E-state index >= 15 is 0 Å². The Morgan fingerprint density at radius 3 is 2.54 bits per heavy atom. The molecule has 39 heavy (non-hydrogen) atoms. The van der Waals surface area contributed by atoms with Crippen molar-refractivity contribution in [3.8, 4) is 23.0 Å². The number of aryl methyl sites for hydroxylation is 2. The summed E-state index contributed by atoms with van der Waals surface area (Å²) in [5.74, 6) is 7.14. The number of H-pyrrole nitrogens is 1. The van der Waals surface area contributed by atoms with Crippen molar-refractivity contribution in [3.05, 3.63) is 107 Å². The molecule has 1 aliphatic rings. The first-order valence-electron chi connectivity index (χ1n) is 13.1. The predicted octanol–water partition coefficient (Wildman–Crippen LogP) is 5.36. The summed E-state index contributed by atoms with van der Waals surface area (Å²) in [6.45, 7) is 5.18. The molecule has 0 radical (unpaired) electrons. The van der Waals surface area contributed by atoms with Crippen molar-refractivity contribution >= 4 is 22.8 Å². The third kappa shape index (κ3) is 5.23. The van der Waals surface area contributed by atoms with Crippen molar-refractivity contribution in [2.75, 3.05) is 18.4 Å². The number of carbonyl (C=O) groups is 1. The third-order valence-electron chi connectivity index (χ3n) is 6.93. The second kappa shape index (κ2) is 10.4. The summed E-state index contributed by atoms with van der Waals surface area (Å²) in [4.78, 5) is 24.2. The van der Waals surface area contributed by atoms with Crippen LogP contribution in [-0.2, 0) is 0 Å². The lowest BCUT2D eigenvalue weighted by Crippen LogP contribution is -2.31. The minimum absolute atomic E-state index is 0.00271. The minimum atomic E-state index is -0.00271. The topological polar surface area (TPSA) is 86.8 Å². The first kappa shape index (κ1) is 24.4. The van der Waals surface area contributed by atoms with Crippen LogP contribution >= 0.6 is 0 Å². The number of aromatic amines is 1. The molecule has 2 N–H and O–H groups in total. The maximum Gasteiger partial charge on any atom is 0.253 e. The van der Waals surface area contributed by atoms with Gasteiger partial charge in [-0.05, 0) is 67.6 Å². The number of carbonyl (C=O) groups excluding carboxylic acids is 1. The van der Waals surface area contributed by atoms with Crippen LogP contribution in [0.1, 0.15) is 39.4 Å². The number of rotatable bonds is 4. The second-order valence-corrected chi connectivity index (χ2v) is 9.85. The van der Waals surface area contributed by atoms with Crippen LogP contribution in [0.15, 0.2) is 78.9 Å². The number of amides is 1. The number of fused-ring (bicyclic) bond motifs is 1. The fourth-order valence-electron chi connectivity index (χ4n) is 5.05. The molecule has 5 aromatic rings. The highest BCUT2D eigenvalue weighted by atomic mass is 16.2. The summed E-state index contributed by atoms with van der Waals surface area (Å²) in [6, 6.07) is 26.0. The smallest absolute Gasteiger partial charge is 0.253 e. The third-order valence-corrected chi connectivity index (χ3v) is 6.93. The molecule has 0 bridgehead atoms. The van der Waals surface area contributed by atoms with E-state index in [2.05, 4.69) is 55.5 Å². The Hall–Kier alpha value is -4.96. The molecule has 0 aliphatic carbocycles. The van der Waals surface area contributed by atoms with Gasteiger partial charge >= 0.3 is 0 Å². The average Bonchev–Trinajstić information content (AvgIpc) is 3.58. The lowest BCUT2D eigenvalue weighted by Gasteiger charge is -2.17. The Labute approximate surface area is 227 Å². The van der Waals surface area contributed by atoms with Crippen LogP contribution in [0.3, 0.4) is 0 Å². The Balaban J connectivity index is 1.22. The van der Waals surface area contributed by atoms with E-state index in [9.17, 15) is 4.79 Å². The molecular weight excluding hydrogens is 484 g/mol. The van der Waals surface area contributed by atoms with Crippen LogP contribution in [0.5, 0.6) is 0 Å². The fraction of sp³-hybridized carbons (Fsp3) is 0.188. The molecule has 0 unspecified atom stereocenters. The molecule has 192 valence electrons. The molecule has 1 atom stereocenters. The zero-order chi connectivity index (χ0) is 26.8. The number of aromatic nitrogens is 4. The average molecular weight is 513 g/mol. The van der Waals surface area contributed by atoms with Crippen molar-refractivity contribution in [2.24, 2.45) is 0 Å². The van der Waals surface area contributed by atoms with Gasteiger partial charge in [0.15, 0.2) is 0 Å². The summed E-state index contributed by atoms with van der Waals surface area (Å²) >= 11 is 0. The Bertz CT molecular complexity index is 1710. The monoisotopic (exact) mass is 512 g/mol. The Kier molecular flexibility index (Phi) is 6.52. The number of hydrogen-bond acceptors (Lipinski definition) is 5. The maximum absolute atomic E-state index is 13.4. The number of benzene rings is 3. The first-order chi connectivity index (χ1) is 19.0. The number of likely N-dealkylation sites (tertiary alicyclic amines) is 1. The van der Waals surface area contributed by atoms with Crippen molar-refractivity contribution in [1.29, 1.82) is 0 Å². The Morgan fingerprint density at radius 1 is 0.949 bits per heavy atom. The summed E-state index contributed by atoms with van der Waals surface area (Å²) < 4.78 is 0. The van der Waals surface area contributed by atoms with Crippen LogP contribution in [-0.4, -0.2) is 50.1 Å².